The highest BCUT2D eigenvalue weighted by Crippen LogP contribution is 2.26. The van der Waals surface area contributed by atoms with Crippen LogP contribution in [0.15, 0.2) is 55.6 Å². The number of amides is 6. The first kappa shape index (κ1) is 47.4. The highest BCUT2D eigenvalue weighted by atomic mass is 32.2. The number of ether oxygens (including phenoxy) is 2. The molecule has 2 bridgehead atoms. The van der Waals surface area contributed by atoms with E-state index >= 15 is 0 Å². The van der Waals surface area contributed by atoms with Gasteiger partial charge in [-0.25, -0.2) is 0 Å². The quantitative estimate of drug-likeness (QED) is 0.170. The summed E-state index contributed by atoms with van der Waals surface area (Å²) in [6.07, 6.45) is 4.20. The van der Waals surface area contributed by atoms with Gasteiger partial charge in [0.2, 0.25) is 35.4 Å². The Hall–Kier alpha value is -4.25. The SMILES string of the molecule is C=CC(C)(C)OC[C@@H]1NC(=O)[C@@H]([C@@H](C)OC(C)(C)C=C)NC(=O)C2CS[C@H](N2)C(Cc2ccccc2)NC(=O)[C@H]2CCCN2C(=O)C(C)NC(=O)[C@H]([C@@H](C)CC)NC1=O. The van der Waals surface area contributed by atoms with Crippen molar-refractivity contribution in [2.45, 2.75) is 146 Å². The van der Waals surface area contributed by atoms with Crippen molar-refractivity contribution in [3.63, 3.8) is 0 Å². The number of rotatable bonds is 12. The third-order valence-electron chi connectivity index (χ3n) is 11.3. The van der Waals surface area contributed by atoms with Crippen LogP contribution in [0.1, 0.15) is 80.2 Å². The van der Waals surface area contributed by atoms with Gasteiger partial charge in [-0.2, -0.15) is 0 Å². The van der Waals surface area contributed by atoms with Crippen LogP contribution in [0.3, 0.4) is 0 Å². The first-order valence-corrected chi connectivity index (χ1v) is 21.7. The number of hydrogen-bond acceptors (Lipinski definition) is 10. The Morgan fingerprint density at radius 3 is 2.14 bits per heavy atom. The van der Waals surface area contributed by atoms with Crippen molar-refractivity contribution >= 4 is 47.2 Å². The molecule has 15 nitrogen and oxygen atoms in total. The van der Waals surface area contributed by atoms with Crippen LogP contribution < -0.4 is 31.9 Å². The zero-order valence-corrected chi connectivity index (χ0v) is 36.6. The van der Waals surface area contributed by atoms with Gasteiger partial charge in [0, 0.05) is 12.3 Å². The Morgan fingerprint density at radius 1 is 0.847 bits per heavy atom. The van der Waals surface area contributed by atoms with Crippen LogP contribution in [0.2, 0.25) is 0 Å². The third-order valence-corrected chi connectivity index (χ3v) is 12.6. The number of hydrogen-bond donors (Lipinski definition) is 6. The molecule has 0 aromatic heterocycles. The molecule has 0 saturated carbocycles. The van der Waals surface area contributed by atoms with Crippen LogP contribution >= 0.6 is 11.8 Å². The Kier molecular flexibility index (Phi) is 16.7. The predicted molar refractivity (Wildman–Crippen MR) is 228 cm³/mol. The Morgan fingerprint density at radius 2 is 1.49 bits per heavy atom. The third kappa shape index (κ3) is 12.9. The first-order chi connectivity index (χ1) is 27.8. The topological polar surface area (TPSA) is 196 Å². The fourth-order valence-corrected chi connectivity index (χ4v) is 8.48. The molecule has 0 aliphatic carbocycles. The number of carbonyl (C=O) groups excluding carboxylic acids is 6. The predicted octanol–water partition coefficient (Wildman–Crippen LogP) is 2.11. The maximum Gasteiger partial charge on any atom is 0.245 e. The molecule has 326 valence electrons. The largest absolute Gasteiger partial charge is 0.369 e. The lowest BCUT2D eigenvalue weighted by Gasteiger charge is -2.33. The summed E-state index contributed by atoms with van der Waals surface area (Å²) in [4.78, 5) is 86.2. The average Bonchev–Trinajstić information content (AvgIpc) is 3.91. The van der Waals surface area contributed by atoms with Gasteiger partial charge in [0.25, 0.3) is 0 Å². The van der Waals surface area contributed by atoms with Crippen LogP contribution in [-0.2, 0) is 44.7 Å². The molecule has 3 saturated heterocycles. The molecular formula is C43H65N7O8S. The van der Waals surface area contributed by atoms with E-state index in [1.807, 2.05) is 37.3 Å². The van der Waals surface area contributed by atoms with Gasteiger partial charge in [0.15, 0.2) is 0 Å². The highest BCUT2D eigenvalue weighted by molar-refractivity contribution is 8.00. The van der Waals surface area contributed by atoms with Crippen molar-refractivity contribution in [2.24, 2.45) is 5.92 Å². The lowest BCUT2D eigenvalue weighted by Crippen LogP contribution is -2.63. The van der Waals surface area contributed by atoms with E-state index in [0.717, 1.165) is 5.56 Å². The summed E-state index contributed by atoms with van der Waals surface area (Å²) >= 11 is 1.47. The lowest BCUT2D eigenvalue weighted by atomic mass is 9.97. The number of carbonyl (C=O) groups is 6. The minimum atomic E-state index is -1.33. The molecule has 0 radical (unpaired) electrons. The van der Waals surface area contributed by atoms with Gasteiger partial charge in [-0.1, -0.05) is 62.8 Å². The van der Waals surface area contributed by atoms with Crippen molar-refractivity contribution in [2.75, 3.05) is 18.9 Å². The standard InChI is InChI=1S/C43H65N7O8S/c1-11-25(4)33-38(54)44-26(5)41(56)50-21-17-20-32(50)37(53)45-29(22-28-18-15-14-16-19-28)40-47-31(24-59-40)36(52)49-34(27(6)58-43(9,10)13-3)39(55)46-30(35(51)48-33)23-57-42(7,8)12-2/h12-16,18-19,25-27,29-34,40,47H,2-3,11,17,20-24H2,1,4-10H3,(H,44,54)(H,45,53)(H,46,55)(H,48,51)(H,49,52)/t25-,26?,27+,29?,30-,31?,32+,33-,34+,40-/m0/s1. The molecule has 16 heteroatoms. The molecule has 10 atom stereocenters. The number of nitrogens with one attached hydrogen (secondary N) is 6. The average molecular weight is 840 g/mol. The van der Waals surface area contributed by atoms with E-state index in [9.17, 15) is 28.8 Å². The molecule has 4 rings (SSSR count). The lowest BCUT2D eigenvalue weighted by molar-refractivity contribution is -0.142. The van der Waals surface area contributed by atoms with Crippen molar-refractivity contribution in [1.29, 1.82) is 0 Å². The smallest absolute Gasteiger partial charge is 0.245 e. The second kappa shape index (κ2) is 20.8. The minimum Gasteiger partial charge on any atom is -0.369 e. The number of fused-ring (bicyclic) bond motifs is 3. The van der Waals surface area contributed by atoms with Crippen LogP contribution in [0.25, 0.3) is 0 Å². The molecule has 1 aromatic rings. The second-order valence-corrected chi connectivity index (χ2v) is 18.0. The van der Waals surface area contributed by atoms with Gasteiger partial charge in [0.05, 0.1) is 41.4 Å². The van der Waals surface area contributed by atoms with Gasteiger partial charge in [0.1, 0.15) is 30.2 Å². The molecular weight excluding hydrogens is 775 g/mol. The summed E-state index contributed by atoms with van der Waals surface area (Å²) in [6.45, 7) is 21.6. The molecule has 3 aliphatic heterocycles. The van der Waals surface area contributed by atoms with E-state index in [-0.39, 0.29) is 18.4 Å². The molecule has 0 spiro atoms. The van der Waals surface area contributed by atoms with E-state index in [4.69, 9.17) is 9.47 Å². The Labute approximate surface area is 353 Å². The summed E-state index contributed by atoms with van der Waals surface area (Å²) < 4.78 is 12.2. The molecule has 3 aliphatic rings. The van der Waals surface area contributed by atoms with Crippen LogP contribution in [0, 0.1) is 5.92 Å². The molecule has 3 unspecified atom stereocenters. The molecule has 59 heavy (non-hydrogen) atoms. The van der Waals surface area contributed by atoms with Crippen molar-refractivity contribution in [3.05, 3.63) is 61.2 Å². The molecule has 3 fully saturated rings. The number of thioether (sulfide) groups is 1. The van der Waals surface area contributed by atoms with Crippen molar-refractivity contribution < 1.29 is 38.2 Å². The van der Waals surface area contributed by atoms with Crippen molar-refractivity contribution in [1.82, 2.24) is 36.8 Å². The van der Waals surface area contributed by atoms with Gasteiger partial charge in [-0.3, -0.25) is 34.1 Å². The monoisotopic (exact) mass is 839 g/mol. The molecule has 1 aromatic carbocycles. The van der Waals surface area contributed by atoms with E-state index < -0.39 is 94.5 Å². The molecule has 6 amide bonds. The van der Waals surface area contributed by atoms with Crippen LogP contribution in [-0.4, -0.2) is 124 Å². The summed E-state index contributed by atoms with van der Waals surface area (Å²) in [6, 6.07) is 2.88. The highest BCUT2D eigenvalue weighted by Gasteiger charge is 2.43. The summed E-state index contributed by atoms with van der Waals surface area (Å²) in [5, 5.41) is 17.4. The molecule has 6 N–H and O–H groups in total. The second-order valence-electron chi connectivity index (χ2n) is 16.9. The maximum atomic E-state index is 14.4. The fourth-order valence-electron chi connectivity index (χ4n) is 7.18. The van der Waals surface area contributed by atoms with Gasteiger partial charge < -0.3 is 41.0 Å². The Balaban J connectivity index is 1.76. The van der Waals surface area contributed by atoms with E-state index in [1.165, 1.54) is 16.7 Å². The zero-order chi connectivity index (χ0) is 43.7. The van der Waals surface area contributed by atoms with Gasteiger partial charge in [-0.15, -0.1) is 24.9 Å². The normalized spacial score (nSPS) is 29.1. The number of nitrogens with zero attached hydrogens (tertiary/aromatic N) is 1. The van der Waals surface area contributed by atoms with E-state index in [1.54, 1.807) is 60.6 Å². The maximum absolute atomic E-state index is 14.4. The zero-order valence-electron chi connectivity index (χ0n) is 35.8. The summed E-state index contributed by atoms with van der Waals surface area (Å²) in [5.41, 5.74) is -0.811. The summed E-state index contributed by atoms with van der Waals surface area (Å²) in [7, 11) is 0. The van der Waals surface area contributed by atoms with E-state index in [2.05, 4.69) is 45.1 Å². The summed E-state index contributed by atoms with van der Waals surface area (Å²) in [5.74, 6) is -3.34. The first-order valence-electron chi connectivity index (χ1n) is 20.6. The van der Waals surface area contributed by atoms with Crippen LogP contribution in [0.5, 0.6) is 0 Å². The fraction of sp³-hybridized carbons (Fsp3) is 0.628. The Bertz CT molecular complexity index is 1690. The van der Waals surface area contributed by atoms with Crippen LogP contribution in [0.4, 0.5) is 0 Å². The van der Waals surface area contributed by atoms with Crippen molar-refractivity contribution in [3.8, 4) is 0 Å². The van der Waals surface area contributed by atoms with Gasteiger partial charge in [-0.05, 0) is 72.3 Å². The molecule has 3 heterocycles. The number of benzene rings is 1. The van der Waals surface area contributed by atoms with E-state index in [0.29, 0.717) is 38.0 Å². The minimum absolute atomic E-state index is 0.308. The van der Waals surface area contributed by atoms with Gasteiger partial charge >= 0.3 is 0 Å².